The highest BCUT2D eigenvalue weighted by molar-refractivity contribution is 5.94. The monoisotopic (exact) mass is 382 g/mol. The summed E-state index contributed by atoms with van der Waals surface area (Å²) in [6.45, 7) is 5.30. The summed E-state index contributed by atoms with van der Waals surface area (Å²) in [5, 5.41) is 9.43. The van der Waals surface area contributed by atoms with Gasteiger partial charge in [-0.25, -0.2) is 4.99 Å². The van der Waals surface area contributed by atoms with Crippen LogP contribution in [0.3, 0.4) is 0 Å². The Bertz CT molecular complexity index is 761. The van der Waals surface area contributed by atoms with Crippen molar-refractivity contribution >= 4 is 11.9 Å². The zero-order valence-electron chi connectivity index (χ0n) is 16.9. The number of carbonyl (C=O) groups excluding carboxylic acids is 1. The van der Waals surface area contributed by atoms with Crippen molar-refractivity contribution < 1.29 is 4.79 Å². The van der Waals surface area contributed by atoms with Gasteiger partial charge in [-0.05, 0) is 50.8 Å². The van der Waals surface area contributed by atoms with E-state index < -0.39 is 0 Å². The lowest BCUT2D eigenvalue weighted by Crippen LogP contribution is -2.37. The van der Waals surface area contributed by atoms with Gasteiger partial charge in [-0.3, -0.25) is 9.78 Å². The van der Waals surface area contributed by atoms with Gasteiger partial charge in [0, 0.05) is 31.4 Å². The Morgan fingerprint density at radius 1 is 1.11 bits per heavy atom. The average Bonchev–Trinajstić information content (AvgIpc) is 2.70. The first-order valence-corrected chi connectivity index (χ1v) is 9.52. The van der Waals surface area contributed by atoms with Gasteiger partial charge >= 0.3 is 0 Å². The van der Waals surface area contributed by atoms with Crippen LogP contribution in [0.2, 0.25) is 0 Å². The van der Waals surface area contributed by atoms with Crippen LogP contribution in [0.1, 0.15) is 28.5 Å². The fraction of sp³-hybridized carbons (Fsp3) is 0.381. The first-order valence-electron chi connectivity index (χ1n) is 9.52. The molecule has 1 heterocycles. The molecule has 0 fully saturated rings. The van der Waals surface area contributed by atoms with Crippen molar-refractivity contribution in [3.05, 3.63) is 65.5 Å². The van der Waals surface area contributed by atoms with Crippen molar-refractivity contribution in [3.63, 3.8) is 0 Å². The molecule has 2 aromatic rings. The van der Waals surface area contributed by atoms with Crippen molar-refractivity contribution in [2.24, 2.45) is 4.99 Å². The molecule has 0 atom stereocenters. The normalized spacial score (nSPS) is 11.4. The molecule has 0 bridgehead atoms. The number of pyridine rings is 1. The van der Waals surface area contributed by atoms with Gasteiger partial charge in [0.15, 0.2) is 5.96 Å². The zero-order valence-corrected chi connectivity index (χ0v) is 16.9. The predicted octanol–water partition coefficient (Wildman–Crippen LogP) is 1.63. The van der Waals surface area contributed by atoms with Crippen LogP contribution in [0.4, 0.5) is 0 Å². The minimum absolute atomic E-state index is 0.0622. The van der Waals surface area contributed by atoms with Crippen molar-refractivity contribution in [3.8, 4) is 0 Å². The maximum Gasteiger partial charge on any atom is 0.251 e. The molecule has 3 N–H and O–H groups in total. The Morgan fingerprint density at radius 3 is 2.68 bits per heavy atom. The van der Waals surface area contributed by atoms with Crippen LogP contribution in [0.5, 0.6) is 0 Å². The lowest BCUT2D eigenvalue weighted by molar-refractivity contribution is 0.0951. The molecule has 1 amide bonds. The van der Waals surface area contributed by atoms with Gasteiger partial charge in [0.05, 0.1) is 18.8 Å². The molecule has 0 unspecified atom stereocenters. The zero-order chi connectivity index (χ0) is 20.2. The Hall–Kier alpha value is -2.93. The largest absolute Gasteiger partial charge is 0.357 e. The van der Waals surface area contributed by atoms with E-state index in [-0.39, 0.29) is 5.91 Å². The van der Waals surface area contributed by atoms with Crippen molar-refractivity contribution in [1.82, 2.24) is 25.8 Å². The molecule has 0 aliphatic heterocycles. The van der Waals surface area contributed by atoms with E-state index in [1.165, 1.54) is 0 Å². The number of guanidine groups is 1. The molecule has 7 heteroatoms. The third kappa shape index (κ3) is 7.75. The number of hydrogen-bond donors (Lipinski definition) is 3. The predicted molar refractivity (Wildman–Crippen MR) is 113 cm³/mol. The lowest BCUT2D eigenvalue weighted by Gasteiger charge is -2.12. The van der Waals surface area contributed by atoms with Crippen LogP contribution in [-0.4, -0.2) is 55.5 Å². The molecule has 0 saturated carbocycles. The second-order valence-electron chi connectivity index (χ2n) is 6.63. The molecule has 0 spiro atoms. The highest BCUT2D eigenvalue weighted by Crippen LogP contribution is 2.07. The van der Waals surface area contributed by atoms with Crippen LogP contribution in [-0.2, 0) is 13.1 Å². The van der Waals surface area contributed by atoms with E-state index >= 15 is 0 Å². The molecule has 7 nitrogen and oxygen atoms in total. The van der Waals surface area contributed by atoms with Gasteiger partial charge < -0.3 is 20.9 Å². The van der Waals surface area contributed by atoms with Crippen LogP contribution in [0, 0.1) is 0 Å². The number of nitrogens with one attached hydrogen (secondary N) is 3. The summed E-state index contributed by atoms with van der Waals surface area (Å²) >= 11 is 0. The van der Waals surface area contributed by atoms with E-state index in [9.17, 15) is 4.79 Å². The number of nitrogens with zero attached hydrogens (tertiary/aromatic N) is 3. The molecule has 0 saturated heterocycles. The van der Waals surface area contributed by atoms with Gasteiger partial charge in [0.2, 0.25) is 0 Å². The van der Waals surface area contributed by atoms with Crippen LogP contribution < -0.4 is 16.0 Å². The lowest BCUT2D eigenvalue weighted by atomic mass is 10.1. The average molecular weight is 383 g/mol. The molecular weight excluding hydrogens is 352 g/mol. The quantitative estimate of drug-likeness (QED) is 0.454. The maximum absolute atomic E-state index is 12.3. The van der Waals surface area contributed by atoms with Gasteiger partial charge in [-0.1, -0.05) is 18.2 Å². The number of amides is 1. The molecule has 28 heavy (non-hydrogen) atoms. The molecule has 1 aromatic carbocycles. The number of carbonyl (C=O) groups is 1. The Kier molecular flexibility index (Phi) is 8.94. The summed E-state index contributed by atoms with van der Waals surface area (Å²) in [6, 6.07) is 13.4. The molecule has 1 aromatic heterocycles. The van der Waals surface area contributed by atoms with Crippen molar-refractivity contribution in [2.75, 3.05) is 33.7 Å². The van der Waals surface area contributed by atoms with Gasteiger partial charge in [0.1, 0.15) is 0 Å². The number of rotatable bonds is 9. The number of benzene rings is 1. The topological polar surface area (TPSA) is 81.7 Å². The van der Waals surface area contributed by atoms with E-state index in [0.717, 1.165) is 24.3 Å². The summed E-state index contributed by atoms with van der Waals surface area (Å²) in [5.41, 5.74) is 2.58. The Balaban J connectivity index is 1.94. The SMILES string of the molecule is CCNC(=NCc1cccc(C(=O)NCCN(C)C)c1)NCc1ccccn1. The van der Waals surface area contributed by atoms with Gasteiger partial charge in [0.25, 0.3) is 5.91 Å². The van der Waals surface area contributed by atoms with Gasteiger partial charge in [-0.15, -0.1) is 0 Å². The maximum atomic E-state index is 12.3. The molecule has 0 radical (unpaired) electrons. The van der Waals surface area contributed by atoms with Crippen LogP contribution >= 0.6 is 0 Å². The highest BCUT2D eigenvalue weighted by atomic mass is 16.1. The van der Waals surface area contributed by atoms with E-state index in [1.54, 1.807) is 6.20 Å². The first kappa shape index (κ1) is 21.4. The number of hydrogen-bond acceptors (Lipinski definition) is 4. The minimum Gasteiger partial charge on any atom is -0.357 e. The summed E-state index contributed by atoms with van der Waals surface area (Å²) in [7, 11) is 3.96. The summed E-state index contributed by atoms with van der Waals surface area (Å²) in [6.07, 6.45) is 1.77. The van der Waals surface area contributed by atoms with E-state index in [2.05, 4.69) is 25.9 Å². The van der Waals surface area contributed by atoms with Crippen LogP contribution in [0.15, 0.2) is 53.7 Å². The summed E-state index contributed by atoms with van der Waals surface area (Å²) < 4.78 is 0. The summed E-state index contributed by atoms with van der Waals surface area (Å²) in [5.74, 6) is 0.654. The number of aliphatic imine (C=N–C) groups is 1. The summed E-state index contributed by atoms with van der Waals surface area (Å²) in [4.78, 5) is 23.2. The highest BCUT2D eigenvalue weighted by Gasteiger charge is 2.06. The molecule has 2 rings (SSSR count). The third-order valence-electron chi connectivity index (χ3n) is 3.96. The van der Waals surface area contributed by atoms with E-state index in [0.29, 0.717) is 31.2 Å². The molecule has 0 aliphatic carbocycles. The van der Waals surface area contributed by atoms with Gasteiger partial charge in [-0.2, -0.15) is 0 Å². The number of aromatic nitrogens is 1. The second kappa shape index (κ2) is 11.7. The minimum atomic E-state index is -0.0622. The smallest absolute Gasteiger partial charge is 0.251 e. The Labute approximate surface area is 167 Å². The van der Waals surface area contributed by atoms with Crippen molar-refractivity contribution in [2.45, 2.75) is 20.0 Å². The fourth-order valence-corrected chi connectivity index (χ4v) is 2.50. The molecular formula is C21H30N6O. The van der Waals surface area contributed by atoms with Crippen molar-refractivity contribution in [1.29, 1.82) is 0 Å². The third-order valence-corrected chi connectivity index (χ3v) is 3.96. The first-order chi connectivity index (χ1) is 13.6. The van der Waals surface area contributed by atoms with E-state index in [1.807, 2.05) is 68.4 Å². The molecule has 0 aliphatic rings. The standard InChI is InChI=1S/C21H30N6O/c1-4-22-21(26-16-19-10-5-6-11-23-19)25-15-17-8-7-9-18(14-17)20(28)24-12-13-27(2)3/h5-11,14H,4,12-13,15-16H2,1-3H3,(H,24,28)(H2,22,25,26). The fourth-order valence-electron chi connectivity index (χ4n) is 2.50. The van der Waals surface area contributed by atoms with E-state index in [4.69, 9.17) is 0 Å². The Morgan fingerprint density at radius 2 is 1.96 bits per heavy atom. The van der Waals surface area contributed by atoms with Crippen LogP contribution in [0.25, 0.3) is 0 Å². The molecule has 150 valence electrons. The second-order valence-corrected chi connectivity index (χ2v) is 6.63. The number of likely N-dealkylation sites (N-methyl/N-ethyl adjacent to an activating group) is 1.